The number of piperazine rings is 1. The molecule has 5 nitrogen and oxygen atoms in total. The molecule has 0 N–H and O–H groups in total. The van der Waals surface area contributed by atoms with Crippen molar-refractivity contribution in [1.29, 1.82) is 0 Å². The number of likely N-dealkylation sites (tertiary alicyclic amines) is 1. The molecule has 28 heavy (non-hydrogen) atoms. The van der Waals surface area contributed by atoms with Crippen LogP contribution in [0.15, 0.2) is 6.07 Å². The van der Waals surface area contributed by atoms with E-state index in [9.17, 15) is 9.59 Å². The van der Waals surface area contributed by atoms with Gasteiger partial charge in [-0.1, -0.05) is 6.92 Å². The minimum absolute atomic E-state index is 0.0952. The smallest absolute Gasteiger partial charge is 0.263 e. The summed E-state index contributed by atoms with van der Waals surface area (Å²) in [4.78, 5) is 34.6. The Labute approximate surface area is 172 Å². The molecule has 2 amide bonds. The number of carbonyl (C=O) groups excluding carboxylic acids is 2. The summed E-state index contributed by atoms with van der Waals surface area (Å²) in [6.07, 6.45) is 7.35. The maximum atomic E-state index is 13.1. The predicted octanol–water partition coefficient (Wildman–Crippen LogP) is 3.03. The van der Waals surface area contributed by atoms with Crippen LogP contribution >= 0.6 is 11.3 Å². The van der Waals surface area contributed by atoms with Gasteiger partial charge in [0.05, 0.1) is 4.88 Å². The molecule has 2 saturated heterocycles. The van der Waals surface area contributed by atoms with Crippen LogP contribution in [0.2, 0.25) is 0 Å². The first kappa shape index (κ1) is 19.9. The minimum Gasteiger partial charge on any atom is -0.340 e. The predicted molar refractivity (Wildman–Crippen MR) is 113 cm³/mol. The highest BCUT2D eigenvalue weighted by Gasteiger charge is 2.32. The molecule has 4 rings (SSSR count). The molecule has 1 aliphatic carbocycles. The summed E-state index contributed by atoms with van der Waals surface area (Å²) in [5.41, 5.74) is 1.25. The van der Waals surface area contributed by atoms with Crippen molar-refractivity contribution < 1.29 is 9.59 Å². The Bertz CT molecular complexity index is 703. The van der Waals surface area contributed by atoms with Gasteiger partial charge < -0.3 is 9.80 Å². The van der Waals surface area contributed by atoms with E-state index in [0.717, 1.165) is 82.8 Å². The number of thiophene rings is 1. The molecule has 1 atom stereocenters. The van der Waals surface area contributed by atoms with Crippen LogP contribution < -0.4 is 0 Å². The second-order valence-electron chi connectivity index (χ2n) is 8.52. The summed E-state index contributed by atoms with van der Waals surface area (Å²) in [5.74, 6) is 0.628. The molecular weight excluding hydrogens is 370 g/mol. The third-order valence-corrected chi connectivity index (χ3v) is 7.74. The molecular formula is C22H33N3O2S. The van der Waals surface area contributed by atoms with Crippen LogP contribution in [0.1, 0.15) is 59.1 Å². The van der Waals surface area contributed by atoms with E-state index in [4.69, 9.17) is 0 Å². The van der Waals surface area contributed by atoms with Crippen LogP contribution in [0.3, 0.4) is 0 Å². The number of nitrogens with zero attached hydrogens (tertiary/aromatic N) is 3. The van der Waals surface area contributed by atoms with E-state index >= 15 is 0 Å². The maximum Gasteiger partial charge on any atom is 0.263 e. The lowest BCUT2D eigenvalue weighted by Gasteiger charge is -2.37. The molecule has 0 aromatic carbocycles. The molecule has 2 fully saturated rings. The zero-order chi connectivity index (χ0) is 19.5. The molecule has 0 radical (unpaired) electrons. The Morgan fingerprint density at radius 2 is 1.79 bits per heavy atom. The van der Waals surface area contributed by atoms with E-state index in [1.807, 2.05) is 4.90 Å². The van der Waals surface area contributed by atoms with E-state index in [-0.39, 0.29) is 11.8 Å². The third-order valence-electron chi connectivity index (χ3n) is 6.51. The normalized spacial score (nSPS) is 23.5. The number of carbonyl (C=O) groups is 2. The quantitative estimate of drug-likeness (QED) is 0.776. The first-order valence-electron chi connectivity index (χ1n) is 11.1. The van der Waals surface area contributed by atoms with Gasteiger partial charge in [0.25, 0.3) is 5.91 Å². The van der Waals surface area contributed by atoms with Gasteiger partial charge in [0, 0.05) is 50.1 Å². The SMILES string of the molecule is CCCN1CCN(C(=O)[C@@H]2CCc3sc(C(=O)N4CCCCC4)cc3C2)CC1. The Morgan fingerprint density at radius 1 is 1.04 bits per heavy atom. The molecule has 0 spiro atoms. The molecule has 1 aromatic heterocycles. The molecule has 2 aliphatic heterocycles. The van der Waals surface area contributed by atoms with E-state index in [0.29, 0.717) is 5.91 Å². The van der Waals surface area contributed by atoms with Crippen LogP contribution in [0.5, 0.6) is 0 Å². The van der Waals surface area contributed by atoms with E-state index in [1.165, 1.54) is 23.3 Å². The minimum atomic E-state index is 0.0952. The second kappa shape index (κ2) is 8.95. The van der Waals surface area contributed by atoms with Crippen molar-refractivity contribution >= 4 is 23.2 Å². The second-order valence-corrected chi connectivity index (χ2v) is 9.66. The lowest BCUT2D eigenvalue weighted by molar-refractivity contribution is -0.137. The first-order valence-corrected chi connectivity index (χ1v) is 11.9. The zero-order valence-corrected chi connectivity index (χ0v) is 17.9. The fourth-order valence-corrected chi connectivity index (χ4v) is 6.04. The largest absolute Gasteiger partial charge is 0.340 e. The highest BCUT2D eigenvalue weighted by molar-refractivity contribution is 7.14. The summed E-state index contributed by atoms with van der Waals surface area (Å²) in [5, 5.41) is 0. The number of fused-ring (bicyclic) bond motifs is 1. The Balaban J connectivity index is 1.36. The molecule has 0 unspecified atom stereocenters. The van der Waals surface area contributed by atoms with E-state index in [2.05, 4.69) is 22.8 Å². The number of aryl methyl sites for hydroxylation is 1. The first-order chi connectivity index (χ1) is 13.7. The number of piperidine rings is 1. The van der Waals surface area contributed by atoms with Crippen molar-refractivity contribution in [3.05, 3.63) is 21.4 Å². The molecule has 0 saturated carbocycles. The topological polar surface area (TPSA) is 43.9 Å². The van der Waals surface area contributed by atoms with Crippen molar-refractivity contribution in [2.24, 2.45) is 5.92 Å². The summed E-state index contributed by atoms with van der Waals surface area (Å²) >= 11 is 1.67. The van der Waals surface area contributed by atoms with Crippen LogP contribution in [-0.4, -0.2) is 72.3 Å². The van der Waals surface area contributed by atoms with Gasteiger partial charge in [-0.3, -0.25) is 14.5 Å². The number of hydrogen-bond donors (Lipinski definition) is 0. The van der Waals surface area contributed by atoms with E-state index < -0.39 is 0 Å². The molecule has 1 aromatic rings. The summed E-state index contributed by atoms with van der Waals surface area (Å²) in [6.45, 7) is 8.88. The maximum absolute atomic E-state index is 13.1. The monoisotopic (exact) mass is 403 g/mol. The van der Waals surface area contributed by atoms with Crippen molar-refractivity contribution in [3.63, 3.8) is 0 Å². The van der Waals surface area contributed by atoms with E-state index in [1.54, 1.807) is 11.3 Å². The summed E-state index contributed by atoms with van der Waals surface area (Å²) < 4.78 is 0. The number of hydrogen-bond acceptors (Lipinski definition) is 4. The Kier molecular flexibility index (Phi) is 6.36. The summed E-state index contributed by atoms with van der Waals surface area (Å²) in [6, 6.07) is 2.09. The van der Waals surface area contributed by atoms with Gasteiger partial charge in [0.15, 0.2) is 0 Å². The van der Waals surface area contributed by atoms with Crippen LogP contribution in [0.25, 0.3) is 0 Å². The van der Waals surface area contributed by atoms with Crippen molar-refractivity contribution in [2.75, 3.05) is 45.8 Å². The average Bonchev–Trinajstić information content (AvgIpc) is 3.17. The van der Waals surface area contributed by atoms with Gasteiger partial charge in [0.1, 0.15) is 0 Å². The van der Waals surface area contributed by atoms with Gasteiger partial charge in [-0.25, -0.2) is 0 Å². The van der Waals surface area contributed by atoms with Gasteiger partial charge in [-0.15, -0.1) is 11.3 Å². The fourth-order valence-electron chi connectivity index (χ4n) is 4.86. The van der Waals surface area contributed by atoms with Crippen LogP contribution in [0, 0.1) is 5.92 Å². The fraction of sp³-hybridized carbons (Fsp3) is 0.727. The lowest BCUT2D eigenvalue weighted by atomic mass is 9.87. The average molecular weight is 404 g/mol. The zero-order valence-electron chi connectivity index (χ0n) is 17.1. The third kappa shape index (κ3) is 4.28. The van der Waals surface area contributed by atoms with Gasteiger partial charge in [-0.05, 0) is 63.1 Å². The Hall–Kier alpha value is -1.40. The molecule has 3 aliphatic rings. The molecule has 3 heterocycles. The Morgan fingerprint density at radius 3 is 2.50 bits per heavy atom. The van der Waals surface area contributed by atoms with Gasteiger partial charge in [-0.2, -0.15) is 0 Å². The number of rotatable bonds is 4. The van der Waals surface area contributed by atoms with Crippen molar-refractivity contribution in [2.45, 2.75) is 51.9 Å². The molecule has 154 valence electrons. The van der Waals surface area contributed by atoms with Crippen LogP contribution in [0.4, 0.5) is 0 Å². The number of amides is 2. The molecule has 6 heteroatoms. The van der Waals surface area contributed by atoms with Gasteiger partial charge in [0.2, 0.25) is 5.91 Å². The summed E-state index contributed by atoms with van der Waals surface area (Å²) in [7, 11) is 0. The van der Waals surface area contributed by atoms with Crippen molar-refractivity contribution in [1.82, 2.24) is 14.7 Å². The van der Waals surface area contributed by atoms with Gasteiger partial charge >= 0.3 is 0 Å². The highest BCUT2D eigenvalue weighted by atomic mass is 32.1. The standard InChI is InChI=1S/C22H33N3O2S/c1-2-8-23-11-13-25(14-12-23)21(26)17-6-7-19-18(15-17)16-20(28-19)22(27)24-9-4-3-5-10-24/h16-17H,2-15H2,1H3/t17-/m1/s1. The van der Waals surface area contributed by atoms with Crippen LogP contribution in [-0.2, 0) is 17.6 Å². The lowest BCUT2D eigenvalue weighted by Crippen LogP contribution is -2.50. The molecule has 0 bridgehead atoms. The van der Waals surface area contributed by atoms with Crippen molar-refractivity contribution in [3.8, 4) is 0 Å². The highest BCUT2D eigenvalue weighted by Crippen LogP contribution is 2.34.